The van der Waals surface area contributed by atoms with Crippen LogP contribution in [0.3, 0.4) is 0 Å². The Hall–Kier alpha value is -3.29. The molecule has 0 N–H and O–H groups in total. The van der Waals surface area contributed by atoms with Gasteiger partial charge in [-0.15, -0.1) is 0 Å². The highest BCUT2D eigenvalue weighted by molar-refractivity contribution is 5.79. The van der Waals surface area contributed by atoms with Crippen LogP contribution in [0.4, 0.5) is 11.6 Å². The number of aryl methyl sites for hydroxylation is 2. The number of ether oxygens (including phenoxy) is 1. The summed E-state index contributed by atoms with van der Waals surface area (Å²) >= 11 is 0. The standard InChI is InChI=1S/C20H23N5O3/c1-12(2)11-25-18(26)16-17(22(4)20(25)27)21-19-23(8-9-24(16)19)14-10-13(3)6-7-15(14)28-5/h6-7,10H,1,8-9,11H2,2-5H3. The van der Waals surface area contributed by atoms with E-state index in [1.165, 1.54) is 9.13 Å². The Morgan fingerprint density at radius 2 is 2.04 bits per heavy atom. The number of methoxy groups -OCH3 is 1. The molecule has 4 rings (SSSR count). The summed E-state index contributed by atoms with van der Waals surface area (Å²) in [6.07, 6.45) is 0. The van der Waals surface area contributed by atoms with Crippen LogP contribution in [0.5, 0.6) is 5.75 Å². The average Bonchev–Trinajstić information content (AvgIpc) is 3.22. The first-order valence-electron chi connectivity index (χ1n) is 9.10. The topological polar surface area (TPSA) is 74.3 Å². The van der Waals surface area contributed by atoms with Gasteiger partial charge in [-0.05, 0) is 31.5 Å². The monoisotopic (exact) mass is 381 g/mol. The molecule has 8 heteroatoms. The fraction of sp³-hybridized carbons (Fsp3) is 0.350. The molecule has 28 heavy (non-hydrogen) atoms. The lowest BCUT2D eigenvalue weighted by atomic mass is 10.2. The molecular formula is C20H23N5O3. The van der Waals surface area contributed by atoms with E-state index in [2.05, 4.69) is 11.6 Å². The molecule has 0 atom stereocenters. The van der Waals surface area contributed by atoms with Gasteiger partial charge in [-0.1, -0.05) is 18.2 Å². The number of benzene rings is 1. The zero-order valence-corrected chi connectivity index (χ0v) is 16.5. The molecule has 0 unspecified atom stereocenters. The third kappa shape index (κ3) is 2.56. The normalized spacial score (nSPS) is 13.2. The van der Waals surface area contributed by atoms with Gasteiger partial charge in [0.05, 0.1) is 19.3 Å². The van der Waals surface area contributed by atoms with Crippen molar-refractivity contribution in [1.29, 1.82) is 0 Å². The minimum Gasteiger partial charge on any atom is -0.495 e. The summed E-state index contributed by atoms with van der Waals surface area (Å²) in [5.74, 6) is 1.37. The summed E-state index contributed by atoms with van der Waals surface area (Å²) in [5.41, 5.74) is 2.83. The van der Waals surface area contributed by atoms with E-state index in [0.717, 1.165) is 22.6 Å². The number of hydrogen-bond acceptors (Lipinski definition) is 5. The van der Waals surface area contributed by atoms with Gasteiger partial charge in [0.2, 0.25) is 5.95 Å². The zero-order valence-electron chi connectivity index (χ0n) is 16.5. The van der Waals surface area contributed by atoms with Crippen LogP contribution in [0.15, 0.2) is 39.9 Å². The fourth-order valence-corrected chi connectivity index (χ4v) is 3.73. The SMILES string of the molecule is C=C(C)Cn1c(=O)c2c(nc3n2CCN3c2cc(C)ccc2OC)n(C)c1=O. The Balaban J connectivity index is 1.97. The van der Waals surface area contributed by atoms with Crippen molar-refractivity contribution in [3.05, 3.63) is 56.8 Å². The minimum atomic E-state index is -0.392. The first-order valence-corrected chi connectivity index (χ1v) is 9.10. The van der Waals surface area contributed by atoms with Gasteiger partial charge in [-0.3, -0.25) is 13.9 Å². The van der Waals surface area contributed by atoms with Crippen LogP contribution in [0.1, 0.15) is 12.5 Å². The van der Waals surface area contributed by atoms with Crippen molar-refractivity contribution >= 4 is 22.8 Å². The summed E-state index contributed by atoms with van der Waals surface area (Å²) in [4.78, 5) is 32.4. The minimum absolute atomic E-state index is 0.192. The molecule has 0 saturated heterocycles. The van der Waals surface area contributed by atoms with Crippen LogP contribution in [0.2, 0.25) is 0 Å². The van der Waals surface area contributed by atoms with Crippen molar-refractivity contribution in [3.8, 4) is 5.75 Å². The number of allylic oxidation sites excluding steroid dienone is 1. The lowest BCUT2D eigenvalue weighted by Gasteiger charge is -2.19. The molecule has 3 heterocycles. The molecule has 0 radical (unpaired) electrons. The van der Waals surface area contributed by atoms with Gasteiger partial charge in [0.25, 0.3) is 5.56 Å². The molecule has 3 aromatic rings. The van der Waals surface area contributed by atoms with Crippen LogP contribution >= 0.6 is 0 Å². The maximum Gasteiger partial charge on any atom is 0.332 e. The first kappa shape index (κ1) is 18.1. The van der Waals surface area contributed by atoms with Crippen molar-refractivity contribution in [3.63, 3.8) is 0 Å². The van der Waals surface area contributed by atoms with Gasteiger partial charge in [-0.2, -0.15) is 4.98 Å². The number of aromatic nitrogens is 4. The Morgan fingerprint density at radius 3 is 2.71 bits per heavy atom. The van der Waals surface area contributed by atoms with Crippen molar-refractivity contribution < 1.29 is 4.74 Å². The Labute approximate surface area is 161 Å². The highest BCUT2D eigenvalue weighted by Gasteiger charge is 2.30. The first-order chi connectivity index (χ1) is 13.3. The predicted molar refractivity (Wildman–Crippen MR) is 109 cm³/mol. The van der Waals surface area contributed by atoms with Gasteiger partial charge in [0.15, 0.2) is 11.2 Å². The molecule has 0 saturated carbocycles. The van der Waals surface area contributed by atoms with E-state index in [-0.39, 0.29) is 12.1 Å². The quantitative estimate of drug-likeness (QED) is 0.646. The van der Waals surface area contributed by atoms with Crippen LogP contribution in [-0.2, 0) is 20.1 Å². The second-order valence-corrected chi connectivity index (χ2v) is 7.25. The van der Waals surface area contributed by atoms with E-state index >= 15 is 0 Å². The number of anilines is 2. The molecule has 0 spiro atoms. The molecule has 1 aliphatic rings. The van der Waals surface area contributed by atoms with Gasteiger partial charge in [0.1, 0.15) is 5.75 Å². The highest BCUT2D eigenvalue weighted by atomic mass is 16.5. The summed E-state index contributed by atoms with van der Waals surface area (Å²) in [6, 6.07) is 5.94. The van der Waals surface area contributed by atoms with Crippen molar-refractivity contribution in [2.75, 3.05) is 18.6 Å². The molecular weight excluding hydrogens is 358 g/mol. The van der Waals surface area contributed by atoms with Gasteiger partial charge in [-0.25, -0.2) is 4.79 Å². The smallest absolute Gasteiger partial charge is 0.332 e. The van der Waals surface area contributed by atoms with E-state index in [0.29, 0.717) is 30.2 Å². The molecule has 146 valence electrons. The lowest BCUT2D eigenvalue weighted by Crippen LogP contribution is -2.39. The van der Waals surface area contributed by atoms with Gasteiger partial charge in [0, 0.05) is 20.1 Å². The Morgan fingerprint density at radius 1 is 1.29 bits per heavy atom. The maximum absolute atomic E-state index is 13.1. The summed E-state index contributed by atoms with van der Waals surface area (Å²) in [5, 5.41) is 0. The number of fused-ring (bicyclic) bond motifs is 3. The summed E-state index contributed by atoms with van der Waals surface area (Å²) in [6.45, 7) is 9.10. The van der Waals surface area contributed by atoms with Gasteiger partial charge >= 0.3 is 5.69 Å². The average molecular weight is 381 g/mol. The second kappa shape index (κ2) is 6.40. The zero-order chi connectivity index (χ0) is 20.2. The molecule has 0 aliphatic carbocycles. The molecule has 1 aliphatic heterocycles. The highest BCUT2D eigenvalue weighted by Crippen LogP contribution is 2.37. The second-order valence-electron chi connectivity index (χ2n) is 7.25. The third-order valence-electron chi connectivity index (χ3n) is 5.05. The number of nitrogens with zero attached hydrogens (tertiary/aromatic N) is 5. The fourth-order valence-electron chi connectivity index (χ4n) is 3.73. The van der Waals surface area contributed by atoms with Crippen molar-refractivity contribution in [2.24, 2.45) is 7.05 Å². The number of hydrogen-bond donors (Lipinski definition) is 0. The Bertz CT molecular complexity index is 1230. The van der Waals surface area contributed by atoms with E-state index in [4.69, 9.17) is 4.74 Å². The number of imidazole rings is 1. The number of rotatable bonds is 4. The maximum atomic E-state index is 13.1. The summed E-state index contributed by atoms with van der Waals surface area (Å²) in [7, 11) is 3.27. The van der Waals surface area contributed by atoms with Crippen molar-refractivity contribution in [1.82, 2.24) is 18.7 Å². The molecule has 8 nitrogen and oxygen atoms in total. The van der Waals surface area contributed by atoms with E-state index < -0.39 is 5.69 Å². The largest absolute Gasteiger partial charge is 0.495 e. The predicted octanol–water partition coefficient (Wildman–Crippen LogP) is 1.94. The van der Waals surface area contributed by atoms with Crippen molar-refractivity contribution in [2.45, 2.75) is 26.9 Å². The van der Waals surface area contributed by atoms with Crippen LogP contribution in [0.25, 0.3) is 11.2 Å². The molecule has 1 aromatic carbocycles. The van der Waals surface area contributed by atoms with E-state index in [1.54, 1.807) is 21.1 Å². The Kier molecular flexibility index (Phi) is 4.14. The van der Waals surface area contributed by atoms with Gasteiger partial charge < -0.3 is 14.2 Å². The lowest BCUT2D eigenvalue weighted by molar-refractivity contribution is 0.415. The molecule has 0 bridgehead atoms. The third-order valence-corrected chi connectivity index (χ3v) is 5.05. The van der Waals surface area contributed by atoms with Crippen LogP contribution in [0, 0.1) is 6.92 Å². The van der Waals surface area contributed by atoms with Crippen LogP contribution < -0.4 is 20.9 Å². The summed E-state index contributed by atoms with van der Waals surface area (Å²) < 4.78 is 10.0. The molecule has 0 amide bonds. The molecule has 0 fully saturated rings. The molecule has 2 aromatic heterocycles. The van der Waals surface area contributed by atoms with Crippen LogP contribution in [-0.4, -0.2) is 32.3 Å². The van der Waals surface area contributed by atoms with E-state index in [1.807, 2.05) is 34.6 Å². The van der Waals surface area contributed by atoms with E-state index in [9.17, 15) is 9.59 Å².